The van der Waals surface area contributed by atoms with E-state index in [9.17, 15) is 0 Å². The van der Waals surface area contributed by atoms with Gasteiger partial charge in [0.15, 0.2) is 0 Å². The van der Waals surface area contributed by atoms with Gasteiger partial charge in [0.25, 0.3) is 0 Å². The Hall–Kier alpha value is -0.480. The fourth-order valence-corrected chi connectivity index (χ4v) is 4.25. The Labute approximate surface area is 114 Å². The first-order valence-corrected chi connectivity index (χ1v) is 7.84. The quantitative estimate of drug-likeness (QED) is 0.907. The summed E-state index contributed by atoms with van der Waals surface area (Å²) in [6.45, 7) is 9.03. The summed E-state index contributed by atoms with van der Waals surface area (Å²) in [5, 5.41) is 4.26. The van der Waals surface area contributed by atoms with E-state index in [-0.39, 0.29) is 6.04 Å². The van der Waals surface area contributed by atoms with E-state index in [0.717, 1.165) is 17.5 Å². The zero-order chi connectivity index (χ0) is 13.3. The highest BCUT2D eigenvalue weighted by atomic mass is 32.1. The van der Waals surface area contributed by atoms with Crippen molar-refractivity contribution < 1.29 is 0 Å². The van der Waals surface area contributed by atoms with Crippen LogP contribution in [0.2, 0.25) is 0 Å². The molecule has 102 valence electrons. The molecule has 2 rings (SSSR count). The molecule has 0 aromatic carbocycles. The van der Waals surface area contributed by atoms with Gasteiger partial charge in [0.1, 0.15) is 0 Å². The molecule has 1 aliphatic carbocycles. The molecular formula is C14H25N3S. The average molecular weight is 267 g/mol. The SMILES string of the molecule is CC1CC(C)CC(C(N)c2snnc2C(C)C)C1. The second kappa shape index (κ2) is 5.66. The summed E-state index contributed by atoms with van der Waals surface area (Å²) in [6.07, 6.45) is 3.85. The third kappa shape index (κ3) is 2.91. The highest BCUT2D eigenvalue weighted by Gasteiger charge is 2.31. The Morgan fingerprint density at radius 3 is 2.33 bits per heavy atom. The van der Waals surface area contributed by atoms with Crippen molar-refractivity contribution in [2.45, 2.75) is 58.9 Å². The summed E-state index contributed by atoms with van der Waals surface area (Å²) in [4.78, 5) is 1.22. The summed E-state index contributed by atoms with van der Waals surface area (Å²) in [5.74, 6) is 2.62. The fraction of sp³-hybridized carbons (Fsp3) is 0.857. The van der Waals surface area contributed by atoms with Gasteiger partial charge < -0.3 is 5.73 Å². The third-order valence-electron chi connectivity index (χ3n) is 4.11. The maximum Gasteiger partial charge on any atom is 0.0829 e. The van der Waals surface area contributed by atoms with Gasteiger partial charge in [-0.15, -0.1) is 5.10 Å². The number of nitrogens with zero attached hydrogens (tertiary/aromatic N) is 2. The molecule has 4 heteroatoms. The zero-order valence-electron chi connectivity index (χ0n) is 11.9. The van der Waals surface area contributed by atoms with Crippen molar-refractivity contribution in [2.24, 2.45) is 23.5 Å². The monoisotopic (exact) mass is 267 g/mol. The molecule has 3 unspecified atom stereocenters. The second-order valence-electron chi connectivity index (χ2n) is 6.38. The molecule has 3 atom stereocenters. The summed E-state index contributed by atoms with van der Waals surface area (Å²) >= 11 is 1.50. The van der Waals surface area contributed by atoms with Crippen LogP contribution in [0.4, 0.5) is 0 Å². The molecule has 1 fully saturated rings. The lowest BCUT2D eigenvalue weighted by Gasteiger charge is -2.34. The lowest BCUT2D eigenvalue weighted by molar-refractivity contribution is 0.194. The van der Waals surface area contributed by atoms with Gasteiger partial charge >= 0.3 is 0 Å². The lowest BCUT2D eigenvalue weighted by Crippen LogP contribution is -2.29. The van der Waals surface area contributed by atoms with E-state index in [2.05, 4.69) is 37.3 Å². The molecule has 0 bridgehead atoms. The molecule has 18 heavy (non-hydrogen) atoms. The summed E-state index contributed by atoms with van der Waals surface area (Å²) in [6, 6.07) is 0.132. The molecule has 1 heterocycles. The van der Waals surface area contributed by atoms with Crippen molar-refractivity contribution in [1.82, 2.24) is 9.59 Å². The molecule has 0 aliphatic heterocycles. The Kier molecular flexibility index (Phi) is 4.38. The van der Waals surface area contributed by atoms with Crippen LogP contribution in [0.3, 0.4) is 0 Å². The highest BCUT2D eigenvalue weighted by molar-refractivity contribution is 7.05. The molecule has 1 aromatic heterocycles. The smallest absolute Gasteiger partial charge is 0.0829 e. The summed E-state index contributed by atoms with van der Waals surface area (Å²) in [7, 11) is 0. The van der Waals surface area contributed by atoms with E-state index in [0.29, 0.717) is 11.8 Å². The minimum atomic E-state index is 0.132. The topological polar surface area (TPSA) is 51.8 Å². The predicted octanol–water partition coefficient (Wildman–Crippen LogP) is 3.73. The van der Waals surface area contributed by atoms with Crippen molar-refractivity contribution in [2.75, 3.05) is 0 Å². The van der Waals surface area contributed by atoms with Gasteiger partial charge in [-0.25, -0.2) is 0 Å². The third-order valence-corrected chi connectivity index (χ3v) is 4.95. The molecule has 0 amide bonds. The van der Waals surface area contributed by atoms with Crippen LogP contribution in [0.5, 0.6) is 0 Å². The molecule has 0 radical (unpaired) electrons. The molecule has 1 aliphatic rings. The van der Waals surface area contributed by atoms with Crippen LogP contribution < -0.4 is 5.73 Å². The summed E-state index contributed by atoms with van der Waals surface area (Å²) in [5.41, 5.74) is 7.62. The van der Waals surface area contributed by atoms with Gasteiger partial charge in [0, 0.05) is 6.04 Å². The maximum atomic E-state index is 6.51. The number of hydrogen-bond acceptors (Lipinski definition) is 4. The minimum absolute atomic E-state index is 0.132. The van der Waals surface area contributed by atoms with E-state index in [1.165, 1.54) is 35.7 Å². The molecule has 1 aromatic rings. The first kappa shape index (κ1) is 13.9. The lowest BCUT2D eigenvalue weighted by atomic mass is 9.73. The Morgan fingerprint density at radius 2 is 1.78 bits per heavy atom. The summed E-state index contributed by atoms with van der Waals surface area (Å²) < 4.78 is 4.11. The van der Waals surface area contributed by atoms with Gasteiger partial charge in [-0.05, 0) is 54.5 Å². The Balaban J connectivity index is 2.15. The average Bonchev–Trinajstić information content (AvgIpc) is 2.75. The first-order chi connectivity index (χ1) is 8.49. The largest absolute Gasteiger partial charge is 0.323 e. The van der Waals surface area contributed by atoms with Gasteiger partial charge in [-0.1, -0.05) is 32.2 Å². The Bertz CT molecular complexity index is 378. The Morgan fingerprint density at radius 1 is 1.17 bits per heavy atom. The van der Waals surface area contributed by atoms with E-state index >= 15 is 0 Å². The minimum Gasteiger partial charge on any atom is -0.323 e. The first-order valence-electron chi connectivity index (χ1n) is 7.06. The van der Waals surface area contributed by atoms with E-state index < -0.39 is 0 Å². The van der Waals surface area contributed by atoms with Crippen molar-refractivity contribution in [3.8, 4) is 0 Å². The van der Waals surface area contributed by atoms with Crippen molar-refractivity contribution in [1.29, 1.82) is 0 Å². The molecule has 1 saturated carbocycles. The normalized spacial score (nSPS) is 30.7. The standard InChI is InChI=1S/C14H25N3S/c1-8(2)13-14(18-17-16-13)12(15)11-6-9(3)5-10(4)7-11/h8-12H,5-7,15H2,1-4H3. The second-order valence-corrected chi connectivity index (χ2v) is 7.17. The fourth-order valence-electron chi connectivity index (χ4n) is 3.35. The molecule has 2 N–H and O–H groups in total. The number of aromatic nitrogens is 2. The number of nitrogens with two attached hydrogens (primary N) is 1. The van der Waals surface area contributed by atoms with Crippen LogP contribution in [-0.4, -0.2) is 9.59 Å². The van der Waals surface area contributed by atoms with Crippen LogP contribution in [0.1, 0.15) is 69.5 Å². The number of hydrogen-bond donors (Lipinski definition) is 1. The van der Waals surface area contributed by atoms with E-state index in [4.69, 9.17) is 5.73 Å². The molecule has 0 saturated heterocycles. The van der Waals surface area contributed by atoms with Gasteiger partial charge in [0.05, 0.1) is 10.6 Å². The van der Waals surface area contributed by atoms with Gasteiger partial charge in [-0.3, -0.25) is 0 Å². The molecule has 0 spiro atoms. The van der Waals surface area contributed by atoms with E-state index in [1.54, 1.807) is 0 Å². The molecule has 3 nitrogen and oxygen atoms in total. The van der Waals surface area contributed by atoms with Crippen molar-refractivity contribution in [3.05, 3.63) is 10.6 Å². The van der Waals surface area contributed by atoms with Crippen molar-refractivity contribution in [3.63, 3.8) is 0 Å². The van der Waals surface area contributed by atoms with E-state index in [1.807, 2.05) is 0 Å². The van der Waals surface area contributed by atoms with Crippen LogP contribution in [0.15, 0.2) is 0 Å². The van der Waals surface area contributed by atoms with Gasteiger partial charge in [0.2, 0.25) is 0 Å². The van der Waals surface area contributed by atoms with Crippen molar-refractivity contribution >= 4 is 11.5 Å². The maximum absolute atomic E-state index is 6.51. The predicted molar refractivity (Wildman–Crippen MR) is 76.6 cm³/mol. The van der Waals surface area contributed by atoms with Gasteiger partial charge in [-0.2, -0.15) is 0 Å². The molecular weight excluding hydrogens is 242 g/mol. The van der Waals surface area contributed by atoms with Crippen LogP contribution >= 0.6 is 11.5 Å². The highest BCUT2D eigenvalue weighted by Crippen LogP contribution is 2.40. The van der Waals surface area contributed by atoms with Crippen LogP contribution in [-0.2, 0) is 0 Å². The number of rotatable bonds is 3. The van der Waals surface area contributed by atoms with Crippen LogP contribution in [0, 0.1) is 17.8 Å². The van der Waals surface area contributed by atoms with Crippen LogP contribution in [0.25, 0.3) is 0 Å². The zero-order valence-corrected chi connectivity index (χ0v) is 12.7.